The summed E-state index contributed by atoms with van der Waals surface area (Å²) >= 11 is 0. The summed E-state index contributed by atoms with van der Waals surface area (Å²) in [6, 6.07) is 7.89. The average molecular weight is 391 g/mol. The Morgan fingerprint density at radius 2 is 1.63 bits per heavy atom. The molecule has 6 nitrogen and oxygen atoms in total. The smallest absolute Gasteiger partial charge is 0.242 e. The number of carbonyl (C=O) groups excluding carboxylic acids is 1. The fraction of sp³-hybridized carbons (Fsp3) is 0.350. The zero-order valence-corrected chi connectivity index (χ0v) is 17.3. The number of amides is 1. The zero-order valence-electron chi connectivity index (χ0n) is 16.5. The van der Waals surface area contributed by atoms with Crippen molar-refractivity contribution >= 4 is 21.6 Å². The first-order valence-electron chi connectivity index (χ1n) is 8.61. The number of anilines is 1. The van der Waals surface area contributed by atoms with Gasteiger partial charge in [-0.05, 0) is 69.0 Å². The van der Waals surface area contributed by atoms with Crippen LogP contribution in [0.2, 0.25) is 0 Å². The number of nitrogens with one attached hydrogen (secondary N) is 2. The standard InChI is InChI=1S/C20H26N2O4S/c1-12-10-13(2)15(4)19(14(12)3)27(24,25)22-16(5)20(23)21-17-8-7-9-18(11-17)26-6/h7-11,16,22H,1-6H3,(H,21,23)/t16-/m0/s1. The first kappa shape index (κ1) is 20.9. The van der Waals surface area contributed by atoms with Crippen molar-refractivity contribution < 1.29 is 17.9 Å². The summed E-state index contributed by atoms with van der Waals surface area (Å²) in [7, 11) is -2.32. The Labute approximate surface area is 161 Å². The van der Waals surface area contributed by atoms with E-state index in [1.54, 1.807) is 38.1 Å². The van der Waals surface area contributed by atoms with E-state index in [2.05, 4.69) is 10.0 Å². The van der Waals surface area contributed by atoms with Crippen LogP contribution in [-0.4, -0.2) is 27.5 Å². The molecule has 1 atom stereocenters. The number of hydrogen-bond donors (Lipinski definition) is 2. The van der Waals surface area contributed by atoms with Gasteiger partial charge in [-0.25, -0.2) is 8.42 Å². The van der Waals surface area contributed by atoms with Crippen LogP contribution in [0.3, 0.4) is 0 Å². The van der Waals surface area contributed by atoms with Gasteiger partial charge in [0.15, 0.2) is 0 Å². The molecule has 146 valence electrons. The molecule has 2 aromatic rings. The Morgan fingerprint density at radius 3 is 2.19 bits per heavy atom. The van der Waals surface area contributed by atoms with Gasteiger partial charge in [0.2, 0.25) is 15.9 Å². The van der Waals surface area contributed by atoms with E-state index in [0.717, 1.165) is 11.1 Å². The monoisotopic (exact) mass is 390 g/mol. The van der Waals surface area contributed by atoms with Crippen LogP contribution in [0.5, 0.6) is 5.75 Å². The van der Waals surface area contributed by atoms with Crippen LogP contribution >= 0.6 is 0 Å². The molecule has 0 heterocycles. The van der Waals surface area contributed by atoms with Crippen LogP contribution in [-0.2, 0) is 14.8 Å². The second-order valence-corrected chi connectivity index (χ2v) is 8.30. The molecule has 2 N–H and O–H groups in total. The van der Waals surface area contributed by atoms with E-state index < -0.39 is 22.0 Å². The Kier molecular flexibility index (Phi) is 6.28. The highest BCUT2D eigenvalue weighted by Crippen LogP contribution is 2.26. The lowest BCUT2D eigenvalue weighted by molar-refractivity contribution is -0.117. The van der Waals surface area contributed by atoms with Crippen molar-refractivity contribution in [2.45, 2.75) is 45.6 Å². The summed E-state index contributed by atoms with van der Waals surface area (Å²) in [5, 5.41) is 2.70. The molecule has 0 spiro atoms. The lowest BCUT2D eigenvalue weighted by atomic mass is 10.0. The van der Waals surface area contributed by atoms with Crippen LogP contribution < -0.4 is 14.8 Å². The normalized spacial score (nSPS) is 12.5. The largest absolute Gasteiger partial charge is 0.497 e. The molecule has 0 fully saturated rings. The fourth-order valence-corrected chi connectivity index (χ4v) is 4.70. The third kappa shape index (κ3) is 4.67. The maximum atomic E-state index is 12.9. The van der Waals surface area contributed by atoms with Crippen molar-refractivity contribution in [1.82, 2.24) is 4.72 Å². The van der Waals surface area contributed by atoms with Gasteiger partial charge < -0.3 is 10.1 Å². The predicted octanol–water partition coefficient (Wildman–Crippen LogP) is 3.23. The number of rotatable bonds is 6. The molecule has 0 bridgehead atoms. The number of ether oxygens (including phenoxy) is 1. The van der Waals surface area contributed by atoms with Crippen molar-refractivity contribution in [2.75, 3.05) is 12.4 Å². The third-order valence-corrected chi connectivity index (χ3v) is 6.44. The fourth-order valence-electron chi connectivity index (χ4n) is 2.88. The number of hydrogen-bond acceptors (Lipinski definition) is 4. The molecule has 0 aliphatic rings. The van der Waals surface area contributed by atoms with Gasteiger partial charge in [0, 0.05) is 11.8 Å². The molecular weight excluding hydrogens is 364 g/mol. The van der Waals surface area contributed by atoms with Gasteiger partial charge in [0.25, 0.3) is 0 Å². The number of aryl methyl sites for hydroxylation is 2. The topological polar surface area (TPSA) is 84.5 Å². The highest BCUT2D eigenvalue weighted by molar-refractivity contribution is 7.89. The second kappa shape index (κ2) is 8.10. The minimum absolute atomic E-state index is 0.237. The van der Waals surface area contributed by atoms with Gasteiger partial charge in [0.05, 0.1) is 18.0 Å². The summed E-state index contributed by atoms with van der Waals surface area (Å²) in [6.07, 6.45) is 0. The van der Waals surface area contributed by atoms with Gasteiger partial charge in [0.1, 0.15) is 5.75 Å². The minimum atomic E-state index is -3.85. The SMILES string of the molecule is COc1cccc(NC(=O)[C@H](C)NS(=O)(=O)c2c(C)c(C)cc(C)c2C)c1. The van der Waals surface area contributed by atoms with E-state index in [4.69, 9.17) is 4.74 Å². The molecule has 0 saturated carbocycles. The Bertz CT molecular complexity index is 942. The number of benzene rings is 2. The molecule has 0 radical (unpaired) electrons. The van der Waals surface area contributed by atoms with Gasteiger partial charge >= 0.3 is 0 Å². The van der Waals surface area contributed by atoms with Gasteiger partial charge in [-0.15, -0.1) is 0 Å². The minimum Gasteiger partial charge on any atom is -0.497 e. The molecule has 0 aromatic heterocycles. The quantitative estimate of drug-likeness (QED) is 0.793. The van der Waals surface area contributed by atoms with E-state index in [-0.39, 0.29) is 4.90 Å². The van der Waals surface area contributed by atoms with Crippen molar-refractivity contribution in [3.05, 3.63) is 52.6 Å². The van der Waals surface area contributed by atoms with E-state index in [0.29, 0.717) is 22.6 Å². The molecular formula is C20H26N2O4S. The van der Waals surface area contributed by atoms with Crippen LogP contribution in [0.4, 0.5) is 5.69 Å². The molecule has 0 aliphatic carbocycles. The van der Waals surface area contributed by atoms with Crippen molar-refractivity contribution in [2.24, 2.45) is 0 Å². The maximum Gasteiger partial charge on any atom is 0.242 e. The molecule has 0 saturated heterocycles. The molecule has 2 aromatic carbocycles. The molecule has 1 amide bonds. The molecule has 0 unspecified atom stereocenters. The molecule has 7 heteroatoms. The summed E-state index contributed by atoms with van der Waals surface area (Å²) in [6.45, 7) is 8.81. The van der Waals surface area contributed by atoms with Gasteiger partial charge in [-0.3, -0.25) is 4.79 Å². The first-order valence-corrected chi connectivity index (χ1v) is 10.1. The average Bonchev–Trinajstić information content (AvgIpc) is 2.59. The highest BCUT2D eigenvalue weighted by Gasteiger charge is 2.26. The molecule has 0 aliphatic heterocycles. The van der Waals surface area contributed by atoms with Crippen molar-refractivity contribution in [3.8, 4) is 5.75 Å². The van der Waals surface area contributed by atoms with Crippen molar-refractivity contribution in [3.63, 3.8) is 0 Å². The molecule has 2 rings (SSSR count). The van der Waals surface area contributed by atoms with E-state index in [1.807, 2.05) is 19.9 Å². The van der Waals surface area contributed by atoms with Crippen LogP contribution in [0.25, 0.3) is 0 Å². The highest BCUT2D eigenvalue weighted by atomic mass is 32.2. The van der Waals surface area contributed by atoms with E-state index in [9.17, 15) is 13.2 Å². The Morgan fingerprint density at radius 1 is 1.04 bits per heavy atom. The lowest BCUT2D eigenvalue weighted by Gasteiger charge is -2.19. The van der Waals surface area contributed by atoms with E-state index >= 15 is 0 Å². The van der Waals surface area contributed by atoms with Crippen molar-refractivity contribution in [1.29, 1.82) is 0 Å². The Hall–Kier alpha value is -2.38. The first-order chi connectivity index (χ1) is 12.6. The summed E-state index contributed by atoms with van der Waals surface area (Å²) < 4.78 is 33.5. The number of methoxy groups -OCH3 is 1. The maximum absolute atomic E-state index is 12.9. The van der Waals surface area contributed by atoms with Gasteiger partial charge in [-0.2, -0.15) is 4.72 Å². The van der Waals surface area contributed by atoms with Gasteiger partial charge in [-0.1, -0.05) is 12.1 Å². The molecule has 27 heavy (non-hydrogen) atoms. The number of carbonyl (C=O) groups is 1. The summed E-state index contributed by atoms with van der Waals surface area (Å²) in [4.78, 5) is 12.7. The summed E-state index contributed by atoms with van der Waals surface area (Å²) in [5.74, 6) is 0.147. The second-order valence-electron chi connectivity index (χ2n) is 6.65. The van der Waals surface area contributed by atoms with E-state index in [1.165, 1.54) is 14.0 Å². The summed E-state index contributed by atoms with van der Waals surface area (Å²) in [5.41, 5.74) is 3.69. The predicted molar refractivity (Wildman–Crippen MR) is 107 cm³/mol. The zero-order chi connectivity index (χ0) is 20.4. The van der Waals surface area contributed by atoms with Crippen LogP contribution in [0, 0.1) is 27.7 Å². The third-order valence-electron chi connectivity index (χ3n) is 4.63. The lowest BCUT2D eigenvalue weighted by Crippen LogP contribution is -2.42. The van der Waals surface area contributed by atoms with Crippen LogP contribution in [0.15, 0.2) is 35.2 Å². The number of sulfonamides is 1. The van der Waals surface area contributed by atoms with Crippen LogP contribution in [0.1, 0.15) is 29.2 Å². The Balaban J connectivity index is 2.23.